The maximum absolute atomic E-state index is 13.8. The van der Waals surface area contributed by atoms with E-state index in [-0.39, 0.29) is 11.9 Å². The Labute approximate surface area is 122 Å². The van der Waals surface area contributed by atoms with Gasteiger partial charge in [-0.25, -0.2) is 4.39 Å². The molecule has 2 aromatic carbocycles. The summed E-state index contributed by atoms with van der Waals surface area (Å²) in [5.41, 5.74) is 2.18. The molecule has 1 atom stereocenters. The van der Waals surface area contributed by atoms with Gasteiger partial charge in [0.1, 0.15) is 5.82 Å². The van der Waals surface area contributed by atoms with Crippen molar-refractivity contribution in [2.75, 3.05) is 5.32 Å². The number of aryl methyl sites for hydroxylation is 1. The molecule has 0 aliphatic heterocycles. The Bertz CT molecular complexity index is 599. The number of benzene rings is 2. The molecule has 0 aliphatic carbocycles. The van der Waals surface area contributed by atoms with Crippen LogP contribution >= 0.6 is 23.2 Å². The van der Waals surface area contributed by atoms with Crippen molar-refractivity contribution in [1.82, 2.24) is 0 Å². The Balaban J connectivity index is 2.25. The molecule has 100 valence electrons. The minimum absolute atomic E-state index is 0.136. The lowest BCUT2D eigenvalue weighted by Gasteiger charge is -2.18. The summed E-state index contributed by atoms with van der Waals surface area (Å²) in [4.78, 5) is 0. The van der Waals surface area contributed by atoms with Gasteiger partial charge in [-0.3, -0.25) is 0 Å². The quantitative estimate of drug-likeness (QED) is 0.776. The highest BCUT2D eigenvalue weighted by molar-refractivity contribution is 6.33. The van der Waals surface area contributed by atoms with Crippen LogP contribution in [0.4, 0.5) is 10.1 Å². The lowest BCUT2D eigenvalue weighted by molar-refractivity contribution is 0.626. The summed E-state index contributed by atoms with van der Waals surface area (Å²) < 4.78 is 13.8. The van der Waals surface area contributed by atoms with E-state index < -0.39 is 0 Å². The first-order valence-corrected chi connectivity index (χ1v) is 6.70. The molecule has 19 heavy (non-hydrogen) atoms. The predicted molar refractivity (Wildman–Crippen MR) is 79.6 cm³/mol. The Kier molecular flexibility index (Phi) is 4.33. The van der Waals surface area contributed by atoms with E-state index in [4.69, 9.17) is 23.2 Å². The van der Waals surface area contributed by atoms with Gasteiger partial charge in [0.2, 0.25) is 0 Å². The van der Waals surface area contributed by atoms with Gasteiger partial charge in [-0.2, -0.15) is 0 Å². The predicted octanol–water partition coefficient (Wildman–Crippen LogP) is 5.61. The summed E-state index contributed by atoms with van der Waals surface area (Å²) in [5.74, 6) is -0.273. The second-order valence-electron chi connectivity index (χ2n) is 4.52. The van der Waals surface area contributed by atoms with Gasteiger partial charge in [-0.1, -0.05) is 29.3 Å². The lowest BCUT2D eigenvalue weighted by Crippen LogP contribution is -2.08. The van der Waals surface area contributed by atoms with E-state index in [0.29, 0.717) is 15.7 Å². The average Bonchev–Trinajstić information content (AvgIpc) is 2.35. The maximum atomic E-state index is 13.8. The van der Waals surface area contributed by atoms with Crippen LogP contribution in [0.15, 0.2) is 36.4 Å². The largest absolute Gasteiger partial charge is 0.376 e. The highest BCUT2D eigenvalue weighted by Gasteiger charge is 2.12. The summed E-state index contributed by atoms with van der Waals surface area (Å²) >= 11 is 12.1. The molecule has 1 N–H and O–H groups in total. The number of anilines is 1. The van der Waals surface area contributed by atoms with Crippen molar-refractivity contribution in [1.29, 1.82) is 0 Å². The highest BCUT2D eigenvalue weighted by Crippen LogP contribution is 2.29. The van der Waals surface area contributed by atoms with Gasteiger partial charge in [-0.15, -0.1) is 0 Å². The Morgan fingerprint density at radius 2 is 1.84 bits per heavy atom. The van der Waals surface area contributed by atoms with E-state index in [2.05, 4.69) is 5.32 Å². The first-order valence-electron chi connectivity index (χ1n) is 5.95. The smallest absolute Gasteiger partial charge is 0.146 e. The highest BCUT2D eigenvalue weighted by atomic mass is 35.5. The SMILES string of the molecule is Cc1ccc(NC(C)c2cc(Cl)ccc2Cl)c(F)c1. The van der Waals surface area contributed by atoms with Gasteiger partial charge in [0.15, 0.2) is 0 Å². The fourth-order valence-electron chi connectivity index (χ4n) is 1.89. The third-order valence-corrected chi connectivity index (χ3v) is 3.50. The number of hydrogen-bond donors (Lipinski definition) is 1. The van der Waals surface area contributed by atoms with Gasteiger partial charge in [0.25, 0.3) is 0 Å². The molecule has 4 heteroatoms. The molecule has 0 aliphatic rings. The van der Waals surface area contributed by atoms with E-state index in [9.17, 15) is 4.39 Å². The first kappa shape index (κ1) is 14.2. The number of hydrogen-bond acceptors (Lipinski definition) is 1. The molecule has 0 heterocycles. The zero-order valence-electron chi connectivity index (χ0n) is 10.7. The average molecular weight is 298 g/mol. The molecule has 0 fully saturated rings. The molecule has 0 bridgehead atoms. The Morgan fingerprint density at radius 1 is 1.11 bits per heavy atom. The van der Waals surface area contributed by atoms with E-state index in [1.54, 1.807) is 24.3 Å². The van der Waals surface area contributed by atoms with Crippen LogP contribution in [-0.2, 0) is 0 Å². The minimum Gasteiger partial charge on any atom is -0.376 e. The third-order valence-electron chi connectivity index (χ3n) is 2.92. The monoisotopic (exact) mass is 297 g/mol. The van der Waals surface area contributed by atoms with E-state index >= 15 is 0 Å². The van der Waals surface area contributed by atoms with Crippen LogP contribution in [0.1, 0.15) is 24.1 Å². The third kappa shape index (κ3) is 3.40. The van der Waals surface area contributed by atoms with Crippen LogP contribution in [0.5, 0.6) is 0 Å². The normalized spacial score (nSPS) is 12.3. The summed E-state index contributed by atoms with van der Waals surface area (Å²) in [6, 6.07) is 10.2. The summed E-state index contributed by atoms with van der Waals surface area (Å²) in [5, 5.41) is 4.32. The molecule has 0 saturated carbocycles. The molecule has 0 radical (unpaired) electrons. The molecular weight excluding hydrogens is 284 g/mol. The number of halogens is 3. The van der Waals surface area contributed by atoms with Crippen LogP contribution in [0.25, 0.3) is 0 Å². The zero-order valence-corrected chi connectivity index (χ0v) is 12.2. The van der Waals surface area contributed by atoms with Gasteiger partial charge >= 0.3 is 0 Å². The Morgan fingerprint density at radius 3 is 2.53 bits per heavy atom. The van der Waals surface area contributed by atoms with E-state index in [1.165, 1.54) is 6.07 Å². The van der Waals surface area contributed by atoms with Crippen molar-refractivity contribution >= 4 is 28.9 Å². The van der Waals surface area contributed by atoms with Crippen LogP contribution in [-0.4, -0.2) is 0 Å². The fraction of sp³-hybridized carbons (Fsp3) is 0.200. The zero-order chi connectivity index (χ0) is 14.0. The van der Waals surface area contributed by atoms with Crippen LogP contribution in [0.3, 0.4) is 0 Å². The molecule has 1 nitrogen and oxygen atoms in total. The summed E-state index contributed by atoms with van der Waals surface area (Å²) in [7, 11) is 0. The second kappa shape index (κ2) is 5.81. The minimum atomic E-state index is -0.273. The Hall–Kier alpha value is -1.25. The van der Waals surface area contributed by atoms with Crippen molar-refractivity contribution in [2.45, 2.75) is 19.9 Å². The number of nitrogens with one attached hydrogen (secondary N) is 1. The van der Waals surface area contributed by atoms with Gasteiger partial charge in [0, 0.05) is 10.0 Å². The van der Waals surface area contributed by atoms with E-state index in [1.807, 2.05) is 19.9 Å². The molecule has 0 spiro atoms. The molecular formula is C15H14Cl2FN. The topological polar surface area (TPSA) is 12.0 Å². The second-order valence-corrected chi connectivity index (χ2v) is 5.36. The van der Waals surface area contributed by atoms with Crippen molar-refractivity contribution in [2.24, 2.45) is 0 Å². The van der Waals surface area contributed by atoms with Crippen molar-refractivity contribution in [3.63, 3.8) is 0 Å². The lowest BCUT2D eigenvalue weighted by atomic mass is 10.1. The first-order chi connectivity index (χ1) is 8.97. The van der Waals surface area contributed by atoms with Gasteiger partial charge in [0.05, 0.1) is 11.7 Å². The molecule has 0 amide bonds. The number of rotatable bonds is 3. The van der Waals surface area contributed by atoms with Crippen molar-refractivity contribution in [3.05, 3.63) is 63.4 Å². The fourth-order valence-corrected chi connectivity index (χ4v) is 2.36. The molecule has 0 aromatic heterocycles. The van der Waals surface area contributed by atoms with E-state index in [0.717, 1.165) is 11.1 Å². The molecule has 1 unspecified atom stereocenters. The molecule has 2 rings (SSSR count). The van der Waals surface area contributed by atoms with Crippen LogP contribution < -0.4 is 5.32 Å². The standard InChI is InChI=1S/C15H14Cl2FN/c1-9-3-6-15(14(18)7-9)19-10(2)12-8-11(16)4-5-13(12)17/h3-8,10,19H,1-2H3. The van der Waals surface area contributed by atoms with Crippen LogP contribution in [0.2, 0.25) is 10.0 Å². The van der Waals surface area contributed by atoms with Crippen molar-refractivity contribution < 1.29 is 4.39 Å². The molecule has 0 saturated heterocycles. The summed E-state index contributed by atoms with van der Waals surface area (Å²) in [6.07, 6.45) is 0. The van der Waals surface area contributed by atoms with Crippen molar-refractivity contribution in [3.8, 4) is 0 Å². The van der Waals surface area contributed by atoms with Gasteiger partial charge < -0.3 is 5.32 Å². The van der Waals surface area contributed by atoms with Crippen LogP contribution in [0, 0.1) is 12.7 Å². The summed E-state index contributed by atoms with van der Waals surface area (Å²) in [6.45, 7) is 3.76. The molecule has 2 aromatic rings. The maximum Gasteiger partial charge on any atom is 0.146 e. The van der Waals surface area contributed by atoms with Gasteiger partial charge in [-0.05, 0) is 55.3 Å².